The zero-order valence-corrected chi connectivity index (χ0v) is 11.7. The Morgan fingerprint density at radius 1 is 1.13 bits per heavy atom. The van der Waals surface area contributed by atoms with Crippen molar-refractivity contribution in [2.75, 3.05) is 21.3 Å². The van der Waals surface area contributed by atoms with E-state index in [1.54, 1.807) is 21.3 Å². The zero-order chi connectivity index (χ0) is 11.3. The van der Waals surface area contributed by atoms with Crippen LogP contribution in [-0.4, -0.2) is 37.0 Å². The molecule has 1 rings (SSSR count). The van der Waals surface area contributed by atoms with E-state index in [0.29, 0.717) is 0 Å². The molecule has 0 aliphatic heterocycles. The van der Waals surface area contributed by atoms with E-state index in [9.17, 15) is 0 Å². The molecule has 0 radical (unpaired) electrons. The van der Waals surface area contributed by atoms with Crippen LogP contribution in [0.25, 0.3) is 0 Å². The fraction of sp³-hybridized carbons (Fsp3) is 0.455. The summed E-state index contributed by atoms with van der Waals surface area (Å²) in [5.41, 5.74) is 0.646. The first-order valence-electron chi connectivity index (χ1n) is 4.87. The van der Waals surface area contributed by atoms with Crippen molar-refractivity contribution in [3.63, 3.8) is 0 Å². The van der Waals surface area contributed by atoms with Crippen LogP contribution in [0.1, 0.15) is 5.56 Å². The quantitative estimate of drug-likeness (QED) is 0.542. The van der Waals surface area contributed by atoms with Crippen LogP contribution in [0.4, 0.5) is 0 Å². The lowest BCUT2D eigenvalue weighted by molar-refractivity contribution is -0.140. The number of hydrogen-bond donors (Lipinski definition) is 0. The van der Waals surface area contributed by atoms with Crippen LogP contribution < -0.4 is 4.74 Å². The molecular formula is C11H18O3Si. The summed E-state index contributed by atoms with van der Waals surface area (Å²) in [4.78, 5) is 0. The van der Waals surface area contributed by atoms with Gasteiger partial charge in [0.15, 0.2) is 0 Å². The molecule has 84 valence electrons. The summed E-state index contributed by atoms with van der Waals surface area (Å²) in [6.07, 6.45) is 0.718. The first-order chi connectivity index (χ1) is 7.15. The third kappa shape index (κ3) is 3.05. The van der Waals surface area contributed by atoms with Crippen molar-refractivity contribution in [3.8, 4) is 5.75 Å². The van der Waals surface area contributed by atoms with Crippen molar-refractivity contribution in [1.29, 1.82) is 0 Å². The molecule has 0 aliphatic rings. The Bertz CT molecular complexity index is 310. The van der Waals surface area contributed by atoms with E-state index in [0.717, 1.165) is 28.0 Å². The highest BCUT2D eigenvalue weighted by Gasteiger charge is 2.24. The third-order valence-corrected chi connectivity index (χ3v) is 3.74. The number of rotatable bonds is 5. The molecule has 0 atom stereocenters. The van der Waals surface area contributed by atoms with Gasteiger partial charge in [0.05, 0.1) is 17.4 Å². The lowest BCUT2D eigenvalue weighted by Gasteiger charge is -2.27. The molecule has 0 N–H and O–H groups in total. The highest BCUT2D eigenvalue weighted by Crippen LogP contribution is 2.23. The Labute approximate surface area is 93.8 Å². The van der Waals surface area contributed by atoms with E-state index in [1.165, 1.54) is 0 Å². The van der Waals surface area contributed by atoms with Gasteiger partial charge in [-0.3, -0.25) is 0 Å². The predicted molar refractivity (Wildman–Crippen MR) is 63.4 cm³/mol. The smallest absolute Gasteiger partial charge is 0.144 e. The van der Waals surface area contributed by atoms with Gasteiger partial charge in [0.1, 0.15) is 11.2 Å². The van der Waals surface area contributed by atoms with Crippen LogP contribution in [-0.2, 0) is 15.9 Å². The molecule has 0 fully saturated rings. The van der Waals surface area contributed by atoms with Crippen LogP contribution in [0.2, 0.25) is 0 Å². The van der Waals surface area contributed by atoms with Gasteiger partial charge in [0.25, 0.3) is 0 Å². The molecule has 1 aromatic carbocycles. The molecule has 0 saturated heterocycles. The minimum atomic E-state index is -0.464. The van der Waals surface area contributed by atoms with Crippen LogP contribution >= 0.6 is 0 Å². The minimum absolute atomic E-state index is 0.464. The average molecular weight is 226 g/mol. The van der Waals surface area contributed by atoms with Crippen molar-refractivity contribution < 1.29 is 14.2 Å². The van der Waals surface area contributed by atoms with Crippen LogP contribution in [0.3, 0.4) is 0 Å². The standard InChI is InChI=1S/C11H18O3Si/c1-12-10-7-5-4-6-9(10)8-11(15,13-2)14-3/h4-7H,8H2,1-3,15H3. The first-order valence-corrected chi connectivity index (χ1v) is 5.87. The normalized spacial score (nSPS) is 11.7. The summed E-state index contributed by atoms with van der Waals surface area (Å²) in [5.74, 6) is 0.881. The summed E-state index contributed by atoms with van der Waals surface area (Å²) in [7, 11) is 5.82. The van der Waals surface area contributed by atoms with Crippen molar-refractivity contribution in [1.82, 2.24) is 0 Å². The van der Waals surface area contributed by atoms with Crippen molar-refractivity contribution in [2.24, 2.45) is 0 Å². The lowest BCUT2D eigenvalue weighted by atomic mass is 10.1. The van der Waals surface area contributed by atoms with E-state index >= 15 is 0 Å². The molecule has 0 unspecified atom stereocenters. The van der Waals surface area contributed by atoms with E-state index in [-0.39, 0.29) is 0 Å². The number of ether oxygens (including phenoxy) is 3. The number of hydrogen-bond acceptors (Lipinski definition) is 3. The minimum Gasteiger partial charge on any atom is -0.496 e. The van der Waals surface area contributed by atoms with Gasteiger partial charge in [0, 0.05) is 20.6 Å². The Balaban J connectivity index is 2.87. The second-order valence-corrected chi connectivity index (χ2v) is 5.05. The summed E-state index contributed by atoms with van der Waals surface area (Å²) >= 11 is 0. The van der Waals surface area contributed by atoms with Gasteiger partial charge in [-0.2, -0.15) is 0 Å². The maximum Gasteiger partial charge on any atom is 0.144 e. The average Bonchev–Trinajstić information content (AvgIpc) is 2.29. The van der Waals surface area contributed by atoms with Gasteiger partial charge in [0.2, 0.25) is 0 Å². The molecule has 3 nitrogen and oxygen atoms in total. The van der Waals surface area contributed by atoms with E-state index in [2.05, 4.69) is 0 Å². The zero-order valence-electron chi connectivity index (χ0n) is 9.74. The second-order valence-electron chi connectivity index (χ2n) is 3.53. The van der Waals surface area contributed by atoms with Crippen LogP contribution in [0.15, 0.2) is 24.3 Å². The summed E-state index contributed by atoms with van der Waals surface area (Å²) < 4.78 is 16.0. The van der Waals surface area contributed by atoms with Gasteiger partial charge in [-0.05, 0) is 11.6 Å². The highest BCUT2D eigenvalue weighted by atomic mass is 28.1. The first kappa shape index (κ1) is 12.2. The molecule has 0 bridgehead atoms. The molecule has 0 saturated carbocycles. The Hall–Kier alpha value is -0.843. The van der Waals surface area contributed by atoms with Gasteiger partial charge in [-0.15, -0.1) is 0 Å². The monoisotopic (exact) mass is 226 g/mol. The molecule has 0 aliphatic carbocycles. The molecule has 0 heterocycles. The number of methoxy groups -OCH3 is 3. The highest BCUT2D eigenvalue weighted by molar-refractivity contribution is 6.13. The van der Waals surface area contributed by atoms with E-state index in [4.69, 9.17) is 14.2 Å². The molecule has 0 amide bonds. The van der Waals surface area contributed by atoms with Crippen molar-refractivity contribution in [3.05, 3.63) is 29.8 Å². The summed E-state index contributed by atoms with van der Waals surface area (Å²) in [5, 5.41) is 0. The SMILES string of the molecule is COc1ccccc1CC([SiH3])(OC)OC. The van der Waals surface area contributed by atoms with Crippen molar-refractivity contribution >= 4 is 10.2 Å². The van der Waals surface area contributed by atoms with Crippen molar-refractivity contribution in [2.45, 2.75) is 11.8 Å². The molecule has 0 spiro atoms. The maximum atomic E-state index is 5.37. The summed E-state index contributed by atoms with van der Waals surface area (Å²) in [6.45, 7) is 0. The fourth-order valence-electron chi connectivity index (χ4n) is 1.42. The predicted octanol–water partition coefficient (Wildman–Crippen LogP) is 0.550. The van der Waals surface area contributed by atoms with Gasteiger partial charge >= 0.3 is 0 Å². The summed E-state index contributed by atoms with van der Waals surface area (Å²) in [6, 6.07) is 7.92. The topological polar surface area (TPSA) is 27.7 Å². The van der Waals surface area contributed by atoms with E-state index in [1.807, 2.05) is 24.3 Å². The fourth-order valence-corrected chi connectivity index (χ4v) is 1.80. The van der Waals surface area contributed by atoms with Crippen LogP contribution in [0.5, 0.6) is 5.75 Å². The third-order valence-electron chi connectivity index (χ3n) is 2.57. The van der Waals surface area contributed by atoms with Gasteiger partial charge in [-0.1, -0.05) is 18.2 Å². The number of para-hydroxylation sites is 1. The molecule has 4 heteroatoms. The number of benzene rings is 1. The largest absolute Gasteiger partial charge is 0.496 e. The van der Waals surface area contributed by atoms with Crippen LogP contribution in [0, 0.1) is 0 Å². The Morgan fingerprint density at radius 2 is 1.73 bits per heavy atom. The molecule has 0 aromatic heterocycles. The Kier molecular flexibility index (Phi) is 4.32. The molecule has 15 heavy (non-hydrogen) atoms. The van der Waals surface area contributed by atoms with E-state index < -0.39 is 5.41 Å². The molecular weight excluding hydrogens is 208 g/mol. The molecule has 1 aromatic rings. The van der Waals surface area contributed by atoms with Gasteiger partial charge in [-0.25, -0.2) is 0 Å². The Morgan fingerprint density at radius 3 is 2.27 bits per heavy atom. The second kappa shape index (κ2) is 5.30. The van der Waals surface area contributed by atoms with Gasteiger partial charge < -0.3 is 14.2 Å². The maximum absolute atomic E-state index is 5.37. The lowest BCUT2D eigenvalue weighted by Crippen LogP contribution is -2.36.